The molecule has 0 bridgehead atoms. The maximum absolute atomic E-state index is 13.4. The van der Waals surface area contributed by atoms with E-state index in [-0.39, 0.29) is 11.8 Å². The van der Waals surface area contributed by atoms with Gasteiger partial charge >= 0.3 is 0 Å². The number of para-hydroxylation sites is 2. The van der Waals surface area contributed by atoms with Crippen LogP contribution in [0, 0.1) is 0 Å². The van der Waals surface area contributed by atoms with Crippen molar-refractivity contribution in [1.29, 1.82) is 0 Å². The molecular weight excluding hydrogens is 497 g/mol. The van der Waals surface area contributed by atoms with Gasteiger partial charge < -0.3 is 4.74 Å². The van der Waals surface area contributed by atoms with Gasteiger partial charge in [-0.1, -0.05) is 72.1 Å². The summed E-state index contributed by atoms with van der Waals surface area (Å²) in [6.45, 7) is 0.401. The molecule has 2 aliphatic heterocycles. The van der Waals surface area contributed by atoms with Crippen LogP contribution in [0.4, 0.5) is 11.4 Å². The Morgan fingerprint density at radius 2 is 1.66 bits per heavy atom. The summed E-state index contributed by atoms with van der Waals surface area (Å²) in [6.07, 6.45) is 2.65. The lowest BCUT2D eigenvalue weighted by atomic mass is 10.1. The summed E-state index contributed by atoms with van der Waals surface area (Å²) in [5.41, 5.74) is 2.67. The topological polar surface area (TPSA) is 49.9 Å². The van der Waals surface area contributed by atoms with Crippen molar-refractivity contribution in [3.63, 3.8) is 0 Å². The van der Waals surface area contributed by atoms with Crippen LogP contribution in [0.1, 0.15) is 18.4 Å². The Morgan fingerprint density at radius 3 is 2.34 bits per heavy atom. The van der Waals surface area contributed by atoms with E-state index in [9.17, 15) is 9.59 Å². The summed E-state index contributed by atoms with van der Waals surface area (Å²) in [4.78, 5) is 32.5. The Balaban J connectivity index is 1.27. The van der Waals surface area contributed by atoms with Crippen LogP contribution < -0.4 is 9.64 Å². The second kappa shape index (κ2) is 10.3. The van der Waals surface area contributed by atoms with Crippen molar-refractivity contribution < 1.29 is 14.3 Å². The molecule has 0 atom stereocenters. The van der Waals surface area contributed by atoms with E-state index in [4.69, 9.17) is 17.0 Å². The zero-order valence-electron chi connectivity index (χ0n) is 19.0. The molecule has 3 aromatic carbocycles. The molecule has 2 amide bonds. The molecule has 35 heavy (non-hydrogen) atoms. The van der Waals surface area contributed by atoms with Crippen LogP contribution in [0.25, 0.3) is 6.08 Å². The lowest BCUT2D eigenvalue weighted by Gasteiger charge is -2.31. The highest BCUT2D eigenvalue weighted by Gasteiger charge is 2.32. The second-order valence-corrected chi connectivity index (χ2v) is 10.7. The molecule has 5 nitrogen and oxygen atoms in total. The number of nitrogens with zero attached hydrogens (tertiary/aromatic N) is 2. The molecule has 176 valence electrons. The number of thiocarbonyl (C=S) groups is 1. The summed E-state index contributed by atoms with van der Waals surface area (Å²) < 4.78 is 5.78. The Hall–Kier alpha value is -3.07. The first-order chi connectivity index (χ1) is 17.0. The van der Waals surface area contributed by atoms with Crippen molar-refractivity contribution in [2.24, 2.45) is 0 Å². The number of rotatable bonds is 6. The van der Waals surface area contributed by atoms with E-state index >= 15 is 0 Å². The first kappa shape index (κ1) is 23.7. The molecule has 2 heterocycles. The molecule has 8 heteroatoms. The zero-order valence-corrected chi connectivity index (χ0v) is 21.4. The van der Waals surface area contributed by atoms with Gasteiger partial charge in [0.05, 0.1) is 23.4 Å². The minimum absolute atomic E-state index is 0.00237. The molecule has 2 aliphatic rings. The fourth-order valence-electron chi connectivity index (χ4n) is 4.05. The van der Waals surface area contributed by atoms with E-state index in [0.717, 1.165) is 32.5 Å². The maximum Gasteiger partial charge on any atom is 0.266 e. The van der Waals surface area contributed by atoms with E-state index in [1.54, 1.807) is 28.7 Å². The van der Waals surface area contributed by atoms with Gasteiger partial charge in [0.25, 0.3) is 5.91 Å². The van der Waals surface area contributed by atoms with E-state index in [2.05, 4.69) is 0 Å². The fourth-order valence-corrected chi connectivity index (χ4v) is 6.42. The first-order valence-electron chi connectivity index (χ1n) is 11.1. The van der Waals surface area contributed by atoms with Gasteiger partial charge in [-0.2, -0.15) is 0 Å². The number of hydrogen-bond acceptors (Lipinski definition) is 6. The smallest absolute Gasteiger partial charge is 0.266 e. The predicted octanol–water partition coefficient (Wildman–Crippen LogP) is 6.51. The summed E-state index contributed by atoms with van der Waals surface area (Å²) in [5, 5.41) is 0. The molecule has 0 unspecified atom stereocenters. The maximum atomic E-state index is 13.4. The minimum Gasteiger partial charge on any atom is -0.497 e. The Morgan fingerprint density at radius 1 is 0.971 bits per heavy atom. The third-order valence-electron chi connectivity index (χ3n) is 5.72. The number of hydrogen-bond donors (Lipinski definition) is 0. The van der Waals surface area contributed by atoms with Gasteiger partial charge in [-0.3, -0.25) is 19.4 Å². The second-order valence-electron chi connectivity index (χ2n) is 7.98. The van der Waals surface area contributed by atoms with Gasteiger partial charge in [-0.05, 0) is 54.5 Å². The zero-order chi connectivity index (χ0) is 24.4. The molecule has 0 radical (unpaired) electrons. The number of benzene rings is 3. The van der Waals surface area contributed by atoms with Crippen molar-refractivity contribution in [2.45, 2.75) is 22.6 Å². The standard InChI is InChI=1S/C27H22N2O3S3/c1-32-19-9-6-8-18(16-19)17-24-26(31)28(27(33)35-24)15-7-14-25(30)29-20-10-2-4-12-22(20)34-23-13-5-3-11-21(23)29/h2-6,8-13,16-17H,7,14-15H2,1H3/b24-17-. The van der Waals surface area contributed by atoms with Crippen LogP contribution in [-0.2, 0) is 9.59 Å². The van der Waals surface area contributed by atoms with Crippen LogP contribution >= 0.6 is 35.7 Å². The number of methoxy groups -OCH3 is 1. The van der Waals surface area contributed by atoms with Crippen LogP contribution in [0.2, 0.25) is 0 Å². The van der Waals surface area contributed by atoms with Crippen molar-refractivity contribution in [2.75, 3.05) is 18.6 Å². The summed E-state index contributed by atoms with van der Waals surface area (Å²) in [7, 11) is 1.61. The predicted molar refractivity (Wildman–Crippen MR) is 146 cm³/mol. The molecule has 0 N–H and O–H groups in total. The van der Waals surface area contributed by atoms with E-state index < -0.39 is 0 Å². The van der Waals surface area contributed by atoms with Gasteiger partial charge in [-0.25, -0.2) is 0 Å². The quantitative estimate of drug-likeness (QED) is 0.274. The molecule has 0 saturated carbocycles. The van der Waals surface area contributed by atoms with Gasteiger partial charge in [0.1, 0.15) is 10.1 Å². The van der Waals surface area contributed by atoms with Crippen molar-refractivity contribution in [3.05, 3.63) is 83.3 Å². The molecule has 1 saturated heterocycles. The monoisotopic (exact) mass is 518 g/mol. The fraction of sp³-hybridized carbons (Fsp3) is 0.148. The van der Waals surface area contributed by atoms with Crippen LogP contribution in [0.15, 0.2) is 87.5 Å². The normalized spacial score (nSPS) is 15.9. The van der Waals surface area contributed by atoms with E-state index in [1.165, 1.54) is 11.8 Å². The highest BCUT2D eigenvalue weighted by molar-refractivity contribution is 8.26. The number of thioether (sulfide) groups is 1. The number of fused-ring (bicyclic) bond motifs is 2. The number of amides is 2. The van der Waals surface area contributed by atoms with Gasteiger partial charge in [0, 0.05) is 22.8 Å². The first-order valence-corrected chi connectivity index (χ1v) is 13.2. The van der Waals surface area contributed by atoms with Gasteiger partial charge in [0.2, 0.25) is 5.91 Å². The SMILES string of the molecule is COc1cccc(/C=C2\SC(=S)N(CCCC(=O)N3c4ccccc4Sc4ccccc43)C2=O)c1. The average Bonchev–Trinajstić information content (AvgIpc) is 3.14. The highest BCUT2D eigenvalue weighted by Crippen LogP contribution is 2.48. The Kier molecular flexibility index (Phi) is 6.95. The van der Waals surface area contributed by atoms with Crippen molar-refractivity contribution in [1.82, 2.24) is 4.90 Å². The summed E-state index contributed by atoms with van der Waals surface area (Å²) >= 11 is 8.43. The van der Waals surface area contributed by atoms with E-state index in [0.29, 0.717) is 28.6 Å². The molecule has 0 aliphatic carbocycles. The molecule has 5 rings (SSSR count). The highest BCUT2D eigenvalue weighted by atomic mass is 32.2. The summed E-state index contributed by atoms with van der Waals surface area (Å²) in [6, 6.07) is 23.4. The number of carbonyl (C=O) groups excluding carboxylic acids is 2. The van der Waals surface area contributed by atoms with E-state index in [1.807, 2.05) is 78.9 Å². The Bertz CT molecular complexity index is 1310. The summed E-state index contributed by atoms with van der Waals surface area (Å²) in [5.74, 6) is 0.606. The van der Waals surface area contributed by atoms with Crippen LogP contribution in [-0.4, -0.2) is 34.7 Å². The molecule has 0 aromatic heterocycles. The van der Waals surface area contributed by atoms with Gasteiger partial charge in [0.15, 0.2) is 0 Å². The number of ether oxygens (including phenoxy) is 1. The third kappa shape index (κ3) is 4.87. The molecule has 0 spiro atoms. The van der Waals surface area contributed by atoms with Crippen LogP contribution in [0.3, 0.4) is 0 Å². The minimum atomic E-state index is -0.125. The van der Waals surface area contributed by atoms with Crippen molar-refractivity contribution in [3.8, 4) is 5.75 Å². The van der Waals surface area contributed by atoms with Gasteiger partial charge in [-0.15, -0.1) is 0 Å². The lowest BCUT2D eigenvalue weighted by Crippen LogP contribution is -2.32. The lowest BCUT2D eigenvalue weighted by molar-refractivity contribution is -0.123. The molecule has 1 fully saturated rings. The number of anilines is 2. The molecule has 3 aromatic rings. The molecular formula is C27H22N2O3S3. The average molecular weight is 519 g/mol. The van der Waals surface area contributed by atoms with Crippen LogP contribution in [0.5, 0.6) is 5.75 Å². The number of carbonyl (C=O) groups is 2. The Labute approximate surface area is 218 Å². The van der Waals surface area contributed by atoms with Crippen molar-refractivity contribution >= 4 is 69.3 Å². The largest absolute Gasteiger partial charge is 0.497 e. The third-order valence-corrected chi connectivity index (χ3v) is 8.23.